The summed E-state index contributed by atoms with van der Waals surface area (Å²) in [5.41, 5.74) is 3.29. The summed E-state index contributed by atoms with van der Waals surface area (Å²) in [6.07, 6.45) is 11.7. The topological polar surface area (TPSA) is 58.1 Å². The number of hydrogen-bond acceptors (Lipinski definition) is 4. The average Bonchev–Trinajstić information content (AvgIpc) is 2.81. The number of nitrogens with zero attached hydrogens (tertiary/aromatic N) is 3. The van der Waals surface area contributed by atoms with Crippen LogP contribution in [-0.4, -0.2) is 35.7 Å². The van der Waals surface area contributed by atoms with Gasteiger partial charge in [0.15, 0.2) is 11.5 Å². The van der Waals surface area contributed by atoms with Crippen molar-refractivity contribution in [2.45, 2.75) is 51.4 Å². The molecule has 5 nitrogen and oxygen atoms in total. The molecule has 1 aliphatic heterocycles. The van der Waals surface area contributed by atoms with E-state index in [1.807, 2.05) is 6.07 Å². The van der Waals surface area contributed by atoms with Crippen LogP contribution in [0, 0.1) is 5.92 Å². The molecule has 0 bridgehead atoms. The molecule has 0 atom stereocenters. The van der Waals surface area contributed by atoms with Gasteiger partial charge in [0.2, 0.25) is 0 Å². The molecule has 2 aromatic rings. The molecule has 0 saturated carbocycles. The van der Waals surface area contributed by atoms with Crippen LogP contribution >= 0.6 is 0 Å². The molecule has 2 heterocycles. The van der Waals surface area contributed by atoms with E-state index in [0.717, 1.165) is 50.5 Å². The van der Waals surface area contributed by atoms with Crippen LogP contribution < -0.4 is 10.2 Å². The zero-order valence-corrected chi connectivity index (χ0v) is 17.7. The zero-order chi connectivity index (χ0) is 20.6. The van der Waals surface area contributed by atoms with Gasteiger partial charge in [0.1, 0.15) is 0 Å². The largest absolute Gasteiger partial charge is 0.355 e. The Morgan fingerprint density at radius 1 is 1.03 bits per heavy atom. The van der Waals surface area contributed by atoms with E-state index in [1.165, 1.54) is 36.8 Å². The Balaban J connectivity index is 1.22. The molecular weight excluding hydrogens is 372 g/mol. The lowest BCUT2D eigenvalue weighted by Gasteiger charge is -2.32. The SMILES string of the molecule is O=C(NCCC1=CCCCC1)c1ccc(N2CCC(Cc3ccccc3)CC2)nn1. The molecule has 30 heavy (non-hydrogen) atoms. The maximum absolute atomic E-state index is 12.3. The van der Waals surface area contributed by atoms with E-state index in [1.54, 1.807) is 6.07 Å². The number of benzene rings is 1. The lowest BCUT2D eigenvalue weighted by Crippen LogP contribution is -2.35. The van der Waals surface area contributed by atoms with Gasteiger partial charge < -0.3 is 10.2 Å². The van der Waals surface area contributed by atoms with Crippen molar-refractivity contribution in [2.24, 2.45) is 5.92 Å². The predicted molar refractivity (Wildman–Crippen MR) is 121 cm³/mol. The van der Waals surface area contributed by atoms with Crippen LogP contribution in [-0.2, 0) is 6.42 Å². The fourth-order valence-corrected chi connectivity index (χ4v) is 4.49. The standard InChI is InChI=1S/C25H32N4O/c30-25(26-16-13-20-7-3-1-4-8-20)23-11-12-24(28-27-23)29-17-14-22(15-18-29)19-21-9-5-2-6-10-21/h2,5-7,9-12,22H,1,3-4,8,13-19H2,(H,26,30). The smallest absolute Gasteiger partial charge is 0.271 e. The van der Waals surface area contributed by atoms with E-state index in [-0.39, 0.29) is 5.91 Å². The maximum atomic E-state index is 12.3. The Bertz CT molecular complexity index is 839. The lowest BCUT2D eigenvalue weighted by atomic mass is 9.90. The molecule has 5 heteroatoms. The highest BCUT2D eigenvalue weighted by atomic mass is 16.1. The molecule has 1 fully saturated rings. The van der Waals surface area contributed by atoms with Gasteiger partial charge in [-0.25, -0.2) is 0 Å². The summed E-state index contributed by atoms with van der Waals surface area (Å²) in [5, 5.41) is 11.5. The highest BCUT2D eigenvalue weighted by Gasteiger charge is 2.21. The summed E-state index contributed by atoms with van der Waals surface area (Å²) in [6, 6.07) is 14.5. The summed E-state index contributed by atoms with van der Waals surface area (Å²) in [7, 11) is 0. The number of aromatic nitrogens is 2. The number of amides is 1. The third-order valence-corrected chi connectivity index (χ3v) is 6.31. The average molecular weight is 405 g/mol. The number of nitrogens with one attached hydrogen (secondary N) is 1. The van der Waals surface area contributed by atoms with Crippen molar-refractivity contribution in [1.29, 1.82) is 0 Å². The van der Waals surface area contributed by atoms with E-state index < -0.39 is 0 Å². The minimum absolute atomic E-state index is 0.132. The zero-order valence-electron chi connectivity index (χ0n) is 17.7. The van der Waals surface area contributed by atoms with Crippen LogP contribution in [0.5, 0.6) is 0 Å². The van der Waals surface area contributed by atoms with Crippen molar-refractivity contribution in [3.05, 3.63) is 65.4 Å². The van der Waals surface area contributed by atoms with Gasteiger partial charge in [-0.05, 0) is 75.0 Å². The number of piperidine rings is 1. The van der Waals surface area contributed by atoms with Crippen molar-refractivity contribution in [3.8, 4) is 0 Å². The third kappa shape index (κ3) is 5.68. The number of anilines is 1. The van der Waals surface area contributed by atoms with Gasteiger partial charge >= 0.3 is 0 Å². The maximum Gasteiger partial charge on any atom is 0.271 e. The lowest BCUT2D eigenvalue weighted by molar-refractivity contribution is 0.0948. The molecule has 1 aromatic heterocycles. The van der Waals surface area contributed by atoms with Gasteiger partial charge in [-0.2, -0.15) is 0 Å². The van der Waals surface area contributed by atoms with Gasteiger partial charge in [-0.1, -0.05) is 42.0 Å². The van der Waals surface area contributed by atoms with Crippen LogP contribution in [0.1, 0.15) is 61.0 Å². The molecule has 0 unspecified atom stereocenters. The Hall–Kier alpha value is -2.69. The second-order valence-electron chi connectivity index (χ2n) is 8.51. The molecule has 1 aromatic carbocycles. The van der Waals surface area contributed by atoms with Crippen molar-refractivity contribution in [3.63, 3.8) is 0 Å². The molecule has 1 N–H and O–H groups in total. The van der Waals surface area contributed by atoms with Crippen LogP contribution in [0.2, 0.25) is 0 Å². The van der Waals surface area contributed by atoms with E-state index in [2.05, 4.69) is 56.8 Å². The van der Waals surface area contributed by atoms with Gasteiger partial charge in [0.05, 0.1) is 0 Å². The molecule has 0 radical (unpaired) electrons. The first kappa shape index (κ1) is 20.6. The monoisotopic (exact) mass is 404 g/mol. The Kier molecular flexibility index (Phi) is 7.11. The molecule has 1 saturated heterocycles. The highest BCUT2D eigenvalue weighted by molar-refractivity contribution is 5.92. The first-order chi connectivity index (χ1) is 14.8. The molecule has 1 amide bonds. The van der Waals surface area contributed by atoms with Crippen LogP contribution in [0.3, 0.4) is 0 Å². The molecular formula is C25H32N4O. The Morgan fingerprint density at radius 2 is 1.87 bits per heavy atom. The van der Waals surface area contributed by atoms with Crippen molar-refractivity contribution >= 4 is 11.7 Å². The molecule has 2 aliphatic rings. The van der Waals surface area contributed by atoms with E-state index in [9.17, 15) is 4.79 Å². The van der Waals surface area contributed by atoms with E-state index >= 15 is 0 Å². The second kappa shape index (κ2) is 10.4. The fraction of sp³-hybridized carbons (Fsp3) is 0.480. The number of carbonyl (C=O) groups excluding carboxylic acids is 1. The minimum atomic E-state index is -0.132. The number of carbonyl (C=O) groups is 1. The second-order valence-corrected chi connectivity index (χ2v) is 8.51. The van der Waals surface area contributed by atoms with E-state index in [4.69, 9.17) is 0 Å². The van der Waals surface area contributed by atoms with Crippen molar-refractivity contribution < 1.29 is 4.79 Å². The summed E-state index contributed by atoms with van der Waals surface area (Å²) in [6.45, 7) is 2.66. The summed E-state index contributed by atoms with van der Waals surface area (Å²) in [5.74, 6) is 1.46. The summed E-state index contributed by atoms with van der Waals surface area (Å²) >= 11 is 0. The first-order valence-corrected chi connectivity index (χ1v) is 11.4. The number of allylic oxidation sites excluding steroid dienone is 1. The highest BCUT2D eigenvalue weighted by Crippen LogP contribution is 2.24. The van der Waals surface area contributed by atoms with Crippen LogP contribution in [0.4, 0.5) is 5.82 Å². The van der Waals surface area contributed by atoms with Crippen molar-refractivity contribution in [2.75, 3.05) is 24.5 Å². The molecule has 4 rings (SSSR count). The number of hydrogen-bond donors (Lipinski definition) is 1. The van der Waals surface area contributed by atoms with E-state index in [0.29, 0.717) is 12.2 Å². The van der Waals surface area contributed by atoms with Crippen LogP contribution in [0.25, 0.3) is 0 Å². The summed E-state index contributed by atoms with van der Waals surface area (Å²) in [4.78, 5) is 14.6. The quantitative estimate of drug-likeness (QED) is 0.688. The molecule has 0 spiro atoms. The molecule has 1 aliphatic carbocycles. The number of rotatable bonds is 7. The summed E-state index contributed by atoms with van der Waals surface area (Å²) < 4.78 is 0. The van der Waals surface area contributed by atoms with Crippen LogP contribution in [0.15, 0.2) is 54.1 Å². The minimum Gasteiger partial charge on any atom is -0.355 e. The van der Waals surface area contributed by atoms with Gasteiger partial charge in [-0.3, -0.25) is 4.79 Å². The molecule has 158 valence electrons. The van der Waals surface area contributed by atoms with Gasteiger partial charge in [-0.15, -0.1) is 10.2 Å². The normalized spacial score (nSPS) is 17.5. The predicted octanol–water partition coefficient (Wildman–Crippen LogP) is 4.56. The fourth-order valence-electron chi connectivity index (χ4n) is 4.49. The Labute approximate surface area is 179 Å². The first-order valence-electron chi connectivity index (χ1n) is 11.4. The van der Waals surface area contributed by atoms with Gasteiger partial charge in [0, 0.05) is 19.6 Å². The Morgan fingerprint density at radius 3 is 2.57 bits per heavy atom. The van der Waals surface area contributed by atoms with Crippen molar-refractivity contribution in [1.82, 2.24) is 15.5 Å². The van der Waals surface area contributed by atoms with Gasteiger partial charge in [0.25, 0.3) is 5.91 Å². The third-order valence-electron chi connectivity index (χ3n) is 6.31.